The van der Waals surface area contributed by atoms with Crippen LogP contribution < -0.4 is 0 Å². The van der Waals surface area contributed by atoms with Crippen molar-refractivity contribution < 1.29 is 4.74 Å². The first-order valence-electron chi connectivity index (χ1n) is 9.77. The maximum atomic E-state index is 7.77. The normalized spacial score (nSPS) is 44.4. The van der Waals surface area contributed by atoms with Crippen LogP contribution >= 0.6 is 0 Å². The molecule has 2 aliphatic carbocycles. The Bertz CT molecular complexity index is 652. The van der Waals surface area contributed by atoms with E-state index >= 15 is 0 Å². The molecular formula is C22H32N2O. The van der Waals surface area contributed by atoms with Crippen LogP contribution in [0.3, 0.4) is 0 Å². The van der Waals surface area contributed by atoms with Gasteiger partial charge in [-0.3, -0.25) is 0 Å². The molecule has 6 unspecified atom stereocenters. The van der Waals surface area contributed by atoms with E-state index in [0.717, 1.165) is 38.5 Å². The highest BCUT2D eigenvalue weighted by molar-refractivity contribution is 5.20. The third kappa shape index (κ3) is 3.02. The van der Waals surface area contributed by atoms with E-state index in [0.29, 0.717) is 17.8 Å². The molecule has 0 spiro atoms. The van der Waals surface area contributed by atoms with E-state index in [2.05, 4.69) is 36.5 Å². The Kier molecular flexibility index (Phi) is 4.53. The first-order valence-corrected chi connectivity index (χ1v) is 9.77. The van der Waals surface area contributed by atoms with Crippen molar-refractivity contribution in [2.75, 3.05) is 0 Å². The van der Waals surface area contributed by atoms with Gasteiger partial charge in [0.1, 0.15) is 6.10 Å². The minimum absolute atomic E-state index is 0.0243. The molecule has 136 valence electrons. The molecule has 3 heteroatoms. The van der Waals surface area contributed by atoms with Crippen LogP contribution in [0.15, 0.2) is 11.6 Å². The Morgan fingerprint density at radius 3 is 2.48 bits per heavy atom. The van der Waals surface area contributed by atoms with E-state index in [1.807, 2.05) is 13.8 Å². The molecule has 0 aromatic carbocycles. The van der Waals surface area contributed by atoms with Crippen LogP contribution in [0.1, 0.15) is 73.1 Å². The summed E-state index contributed by atoms with van der Waals surface area (Å²) in [5.74, 6) is 1.36. The van der Waals surface area contributed by atoms with Crippen LogP contribution in [0.2, 0.25) is 0 Å². The summed E-state index contributed by atoms with van der Waals surface area (Å²) >= 11 is 0. The molecule has 1 aliphatic heterocycles. The lowest BCUT2D eigenvalue weighted by molar-refractivity contribution is -0.112. The number of hydrogen-bond acceptors (Lipinski definition) is 1. The number of fused-ring (bicyclic) bond motifs is 1. The molecule has 1 saturated heterocycles. The van der Waals surface area contributed by atoms with Gasteiger partial charge in [-0.15, -0.1) is 0 Å². The smallest absolute Gasteiger partial charge is 0.252 e. The second-order valence-electron chi connectivity index (χ2n) is 9.57. The molecule has 0 aromatic rings. The van der Waals surface area contributed by atoms with Crippen molar-refractivity contribution in [1.82, 2.24) is 0 Å². The SMILES string of the molecule is [C-]#[N+]C(C)(C)C1CCC(C)(C2CCC(C)([N+]#[C-])C3CCC(C)=CC32)O1. The zero-order valence-electron chi connectivity index (χ0n) is 16.4. The lowest BCUT2D eigenvalue weighted by Gasteiger charge is -2.49. The fraction of sp³-hybridized carbons (Fsp3) is 0.818. The summed E-state index contributed by atoms with van der Waals surface area (Å²) in [6.07, 6.45) is 8.80. The number of rotatable bonds is 2. The standard InChI is InChI=1S/C22H32N2O/c1-15-8-9-17-16(14-15)18(10-12-21(17,4)24-7)22(5)13-11-19(25-22)20(2,3)23-6/h14,16-19H,8-13H2,1-5H3. The fourth-order valence-electron chi connectivity index (χ4n) is 5.61. The summed E-state index contributed by atoms with van der Waals surface area (Å²) in [5.41, 5.74) is 0.644. The van der Waals surface area contributed by atoms with Gasteiger partial charge in [-0.2, -0.15) is 0 Å². The summed E-state index contributed by atoms with van der Waals surface area (Å²) in [7, 11) is 0. The number of nitrogens with zero attached hydrogens (tertiary/aromatic N) is 2. The quantitative estimate of drug-likeness (QED) is 0.467. The third-order valence-electron chi connectivity index (χ3n) is 7.45. The van der Waals surface area contributed by atoms with Gasteiger partial charge in [-0.05, 0) is 57.8 Å². The van der Waals surface area contributed by atoms with Crippen molar-refractivity contribution in [3.8, 4) is 0 Å². The van der Waals surface area contributed by atoms with Gasteiger partial charge in [0.2, 0.25) is 5.54 Å². The van der Waals surface area contributed by atoms with Gasteiger partial charge in [0.25, 0.3) is 5.54 Å². The molecule has 3 nitrogen and oxygen atoms in total. The predicted octanol–water partition coefficient (Wildman–Crippen LogP) is 5.68. The Morgan fingerprint density at radius 2 is 1.84 bits per heavy atom. The molecule has 0 radical (unpaired) electrons. The van der Waals surface area contributed by atoms with Gasteiger partial charge >= 0.3 is 0 Å². The molecule has 3 aliphatic rings. The lowest BCUT2D eigenvalue weighted by Crippen LogP contribution is -2.52. The molecule has 3 rings (SSSR count). The van der Waals surface area contributed by atoms with Crippen LogP contribution in [0.5, 0.6) is 0 Å². The summed E-state index contributed by atoms with van der Waals surface area (Å²) in [6, 6.07) is 0. The van der Waals surface area contributed by atoms with Gasteiger partial charge in [0.15, 0.2) is 0 Å². The minimum atomic E-state index is -0.449. The monoisotopic (exact) mass is 340 g/mol. The van der Waals surface area contributed by atoms with Gasteiger partial charge in [-0.1, -0.05) is 11.6 Å². The van der Waals surface area contributed by atoms with Crippen molar-refractivity contribution in [2.24, 2.45) is 17.8 Å². The predicted molar refractivity (Wildman–Crippen MR) is 101 cm³/mol. The van der Waals surface area contributed by atoms with Gasteiger partial charge in [0.05, 0.1) is 5.60 Å². The van der Waals surface area contributed by atoms with Crippen LogP contribution in [-0.4, -0.2) is 22.8 Å². The van der Waals surface area contributed by atoms with Gasteiger partial charge < -0.3 is 14.4 Å². The largest absolute Gasteiger partial charge is 0.363 e. The molecule has 1 heterocycles. The zero-order chi connectivity index (χ0) is 18.5. The second kappa shape index (κ2) is 6.14. The lowest BCUT2D eigenvalue weighted by atomic mass is 9.56. The zero-order valence-corrected chi connectivity index (χ0v) is 16.4. The molecule has 1 saturated carbocycles. The second-order valence-corrected chi connectivity index (χ2v) is 9.57. The molecule has 0 aromatic heterocycles. The molecule has 2 fully saturated rings. The first-order chi connectivity index (χ1) is 11.6. The summed E-state index contributed by atoms with van der Waals surface area (Å²) in [6.45, 7) is 25.9. The highest BCUT2D eigenvalue weighted by Crippen LogP contribution is 2.55. The van der Waals surface area contributed by atoms with E-state index in [4.69, 9.17) is 17.9 Å². The van der Waals surface area contributed by atoms with Crippen molar-refractivity contribution in [3.05, 3.63) is 34.5 Å². The summed E-state index contributed by atoms with van der Waals surface area (Å²) in [5, 5.41) is 0. The molecular weight excluding hydrogens is 308 g/mol. The number of hydrogen-bond donors (Lipinski definition) is 0. The van der Waals surface area contributed by atoms with Crippen LogP contribution in [0.25, 0.3) is 9.69 Å². The van der Waals surface area contributed by atoms with Crippen LogP contribution in [0, 0.1) is 30.9 Å². The number of ether oxygens (including phenoxy) is 1. The van der Waals surface area contributed by atoms with Crippen molar-refractivity contribution in [3.63, 3.8) is 0 Å². The van der Waals surface area contributed by atoms with E-state index in [1.54, 1.807) is 0 Å². The van der Waals surface area contributed by atoms with Crippen molar-refractivity contribution in [1.29, 1.82) is 0 Å². The Hall–Kier alpha value is -1.32. The van der Waals surface area contributed by atoms with Gasteiger partial charge in [-0.25, -0.2) is 13.1 Å². The molecule has 0 N–H and O–H groups in total. The van der Waals surface area contributed by atoms with E-state index < -0.39 is 5.54 Å². The van der Waals surface area contributed by atoms with Crippen LogP contribution in [0.4, 0.5) is 0 Å². The Morgan fingerprint density at radius 1 is 1.12 bits per heavy atom. The topological polar surface area (TPSA) is 18.0 Å². The summed E-state index contributed by atoms with van der Waals surface area (Å²) in [4.78, 5) is 7.90. The van der Waals surface area contributed by atoms with E-state index in [9.17, 15) is 0 Å². The van der Waals surface area contributed by atoms with Gasteiger partial charge in [0, 0.05) is 33.1 Å². The Labute approximate surface area is 153 Å². The van der Waals surface area contributed by atoms with E-state index in [1.165, 1.54) is 5.57 Å². The molecule has 0 bridgehead atoms. The molecule has 6 atom stereocenters. The Balaban J connectivity index is 1.89. The maximum Gasteiger partial charge on any atom is 0.252 e. The molecule has 25 heavy (non-hydrogen) atoms. The average Bonchev–Trinajstić information content (AvgIpc) is 2.99. The first kappa shape index (κ1) is 18.5. The van der Waals surface area contributed by atoms with E-state index in [-0.39, 0.29) is 17.2 Å². The van der Waals surface area contributed by atoms with Crippen molar-refractivity contribution >= 4 is 0 Å². The summed E-state index contributed by atoms with van der Waals surface area (Å²) < 4.78 is 6.61. The maximum absolute atomic E-state index is 7.77. The minimum Gasteiger partial charge on any atom is -0.363 e. The highest BCUT2D eigenvalue weighted by Gasteiger charge is 2.58. The molecule has 0 amide bonds. The fourth-order valence-corrected chi connectivity index (χ4v) is 5.61. The van der Waals surface area contributed by atoms with Crippen molar-refractivity contribution in [2.45, 2.75) is 95.9 Å². The highest BCUT2D eigenvalue weighted by atomic mass is 16.5. The number of allylic oxidation sites excluding steroid dienone is 2. The van der Waals surface area contributed by atoms with Crippen LogP contribution in [-0.2, 0) is 4.74 Å². The third-order valence-corrected chi connectivity index (χ3v) is 7.45. The average molecular weight is 341 g/mol.